The summed E-state index contributed by atoms with van der Waals surface area (Å²) in [6.45, 7) is -0.00994. The van der Waals surface area contributed by atoms with Crippen LogP contribution in [-0.2, 0) is 4.79 Å². The third-order valence-electron chi connectivity index (χ3n) is 2.45. The van der Waals surface area contributed by atoms with Gasteiger partial charge in [-0.15, -0.1) is 0 Å². The molecule has 0 heterocycles. The Balaban J connectivity index is 4.11. The van der Waals surface area contributed by atoms with E-state index in [1.165, 1.54) is 0 Å². The highest BCUT2D eigenvalue weighted by atomic mass is 16.4. The summed E-state index contributed by atoms with van der Waals surface area (Å²) < 4.78 is 0. The van der Waals surface area contributed by atoms with Gasteiger partial charge < -0.3 is 36.6 Å². The second kappa shape index (κ2) is 9.20. The Hall–Kier alpha value is -0.770. The van der Waals surface area contributed by atoms with E-state index in [2.05, 4.69) is 5.32 Å². The monoisotopic (exact) mass is 266 g/mol. The third-order valence-corrected chi connectivity index (χ3v) is 2.45. The van der Waals surface area contributed by atoms with Crippen molar-refractivity contribution in [1.29, 1.82) is 0 Å². The quantitative estimate of drug-likeness (QED) is 0.211. The molecule has 0 rings (SSSR count). The number of carbonyl (C=O) groups excluding carboxylic acids is 1. The normalized spacial score (nSPS) is 17.9. The van der Waals surface area contributed by atoms with Crippen LogP contribution in [0.2, 0.25) is 0 Å². The molecule has 8 heteroatoms. The van der Waals surface area contributed by atoms with Crippen molar-refractivity contribution in [2.45, 2.75) is 37.3 Å². The van der Waals surface area contributed by atoms with Gasteiger partial charge in [-0.1, -0.05) is 0 Å². The van der Waals surface area contributed by atoms with Crippen LogP contribution in [0.5, 0.6) is 0 Å². The molecule has 8 N–H and O–H groups in total. The molecular formula is C10H22N2O6. The predicted octanol–water partition coefficient (Wildman–Crippen LogP) is -3.72. The van der Waals surface area contributed by atoms with Gasteiger partial charge in [0.2, 0.25) is 0 Å². The van der Waals surface area contributed by atoms with Crippen LogP contribution in [-0.4, -0.2) is 75.6 Å². The molecule has 8 nitrogen and oxygen atoms in total. The molecule has 0 aliphatic heterocycles. The Morgan fingerprint density at radius 3 is 2.22 bits per heavy atom. The Bertz CT molecular complexity index is 240. The number of nitrogens with one attached hydrogen (secondary N) is 1. The number of rotatable bonds is 9. The molecule has 108 valence electrons. The summed E-state index contributed by atoms with van der Waals surface area (Å²) in [7, 11) is 0. The molecule has 0 aliphatic carbocycles. The van der Waals surface area contributed by atoms with Crippen LogP contribution in [0.1, 0.15) is 12.8 Å². The van der Waals surface area contributed by atoms with Crippen LogP contribution in [0, 0.1) is 0 Å². The van der Waals surface area contributed by atoms with Crippen molar-refractivity contribution in [1.82, 2.24) is 5.32 Å². The van der Waals surface area contributed by atoms with Gasteiger partial charge in [-0.2, -0.15) is 0 Å². The second-order valence-corrected chi connectivity index (χ2v) is 3.96. The molecule has 0 saturated carbocycles. The molecule has 0 radical (unpaired) electrons. The summed E-state index contributed by atoms with van der Waals surface area (Å²) in [6.07, 6.45) is -5.84. The van der Waals surface area contributed by atoms with E-state index in [-0.39, 0.29) is 0 Å². The van der Waals surface area contributed by atoms with E-state index < -0.39 is 36.9 Å². The summed E-state index contributed by atoms with van der Waals surface area (Å²) in [5.74, 6) is -0.858. The molecule has 0 spiro atoms. The van der Waals surface area contributed by atoms with Gasteiger partial charge in [0.25, 0.3) is 5.91 Å². The highest BCUT2D eigenvalue weighted by Gasteiger charge is 2.33. The first-order valence-corrected chi connectivity index (χ1v) is 5.76. The summed E-state index contributed by atoms with van der Waals surface area (Å²) in [4.78, 5) is 11.4. The minimum Gasteiger partial charge on any atom is -0.394 e. The van der Waals surface area contributed by atoms with Crippen molar-refractivity contribution in [2.24, 2.45) is 5.73 Å². The van der Waals surface area contributed by atoms with E-state index in [1.54, 1.807) is 0 Å². The maximum Gasteiger partial charge on any atom is 0.251 e. The van der Waals surface area contributed by atoms with Crippen LogP contribution in [0.15, 0.2) is 0 Å². The fraction of sp³-hybridized carbons (Fsp3) is 0.900. The van der Waals surface area contributed by atoms with Gasteiger partial charge in [-0.25, -0.2) is 0 Å². The molecule has 1 amide bonds. The van der Waals surface area contributed by atoms with Gasteiger partial charge in [0.1, 0.15) is 18.3 Å². The highest BCUT2D eigenvalue weighted by Crippen LogP contribution is 2.05. The Kier molecular flexibility index (Phi) is 8.81. The molecule has 18 heavy (non-hydrogen) atoms. The molecule has 0 bridgehead atoms. The Labute approximate surface area is 105 Å². The number of hydrogen-bond acceptors (Lipinski definition) is 7. The number of amides is 1. The van der Waals surface area contributed by atoms with Gasteiger partial charge in [-0.05, 0) is 19.4 Å². The number of unbranched alkanes of at least 4 members (excludes halogenated alkanes) is 1. The van der Waals surface area contributed by atoms with Gasteiger partial charge >= 0.3 is 0 Å². The summed E-state index contributed by atoms with van der Waals surface area (Å²) in [5.41, 5.74) is 5.26. The molecule has 0 aliphatic rings. The lowest BCUT2D eigenvalue weighted by Crippen LogP contribution is -2.51. The molecule has 0 fully saturated rings. The highest BCUT2D eigenvalue weighted by molar-refractivity contribution is 5.81. The largest absolute Gasteiger partial charge is 0.394 e. The number of nitrogens with two attached hydrogens (primary N) is 1. The number of aliphatic hydroxyl groups excluding tert-OH is 5. The lowest BCUT2D eigenvalue weighted by atomic mass is 10.0. The van der Waals surface area contributed by atoms with E-state index in [1.807, 2.05) is 0 Å². The van der Waals surface area contributed by atoms with Crippen molar-refractivity contribution in [3.63, 3.8) is 0 Å². The molecule has 4 unspecified atom stereocenters. The predicted molar refractivity (Wildman–Crippen MR) is 62.4 cm³/mol. The van der Waals surface area contributed by atoms with Crippen LogP contribution >= 0.6 is 0 Å². The maximum atomic E-state index is 11.4. The van der Waals surface area contributed by atoms with E-state index in [0.717, 1.165) is 0 Å². The number of hydrogen-bond donors (Lipinski definition) is 7. The zero-order chi connectivity index (χ0) is 14.1. The van der Waals surface area contributed by atoms with E-state index >= 15 is 0 Å². The first kappa shape index (κ1) is 17.2. The average molecular weight is 266 g/mol. The lowest BCUT2D eigenvalue weighted by molar-refractivity contribution is -0.148. The van der Waals surface area contributed by atoms with Crippen molar-refractivity contribution < 1.29 is 30.3 Å². The zero-order valence-corrected chi connectivity index (χ0v) is 10.1. The van der Waals surface area contributed by atoms with Crippen molar-refractivity contribution >= 4 is 5.91 Å². The van der Waals surface area contributed by atoms with Crippen LogP contribution in [0.4, 0.5) is 0 Å². The molecule has 0 aromatic carbocycles. The summed E-state index contributed by atoms with van der Waals surface area (Å²) >= 11 is 0. The molecule has 0 aromatic rings. The zero-order valence-electron chi connectivity index (χ0n) is 10.1. The van der Waals surface area contributed by atoms with Crippen molar-refractivity contribution in [3.8, 4) is 0 Å². The maximum absolute atomic E-state index is 11.4. The number of carbonyl (C=O) groups is 1. The number of aliphatic hydroxyl groups is 5. The molecule has 0 saturated heterocycles. The molecular weight excluding hydrogens is 244 g/mol. The van der Waals surface area contributed by atoms with Gasteiger partial charge in [0.05, 0.1) is 6.61 Å². The topological polar surface area (TPSA) is 156 Å². The summed E-state index contributed by atoms with van der Waals surface area (Å²) in [6, 6.07) is 0. The third kappa shape index (κ3) is 5.71. The molecule has 0 aromatic heterocycles. The standard InChI is InChI=1S/C10H22N2O6/c11-3-1-2-4-12-10(18)9(17)8(16)7(15)6(14)5-13/h6-9,13-17H,1-5,11H2,(H,12,18). The van der Waals surface area contributed by atoms with E-state index in [9.17, 15) is 20.1 Å². The fourth-order valence-electron chi connectivity index (χ4n) is 1.26. The Morgan fingerprint density at radius 2 is 1.72 bits per heavy atom. The fourth-order valence-corrected chi connectivity index (χ4v) is 1.26. The van der Waals surface area contributed by atoms with Gasteiger partial charge in [0, 0.05) is 6.54 Å². The van der Waals surface area contributed by atoms with Crippen LogP contribution in [0.25, 0.3) is 0 Å². The minimum atomic E-state index is -1.88. The first-order valence-electron chi connectivity index (χ1n) is 5.76. The summed E-state index contributed by atoms with van der Waals surface area (Å²) in [5, 5.41) is 48.1. The minimum absolute atomic E-state index is 0.290. The average Bonchev–Trinajstić information content (AvgIpc) is 2.39. The van der Waals surface area contributed by atoms with Gasteiger partial charge in [0.15, 0.2) is 6.10 Å². The second-order valence-electron chi connectivity index (χ2n) is 3.96. The lowest BCUT2D eigenvalue weighted by Gasteiger charge is -2.24. The SMILES string of the molecule is NCCCCNC(=O)C(O)C(O)C(O)C(O)CO. The van der Waals surface area contributed by atoms with E-state index in [4.69, 9.17) is 15.9 Å². The van der Waals surface area contributed by atoms with E-state index in [0.29, 0.717) is 25.9 Å². The molecule has 4 atom stereocenters. The Morgan fingerprint density at radius 1 is 1.11 bits per heavy atom. The van der Waals surface area contributed by atoms with Crippen molar-refractivity contribution in [2.75, 3.05) is 19.7 Å². The van der Waals surface area contributed by atoms with Crippen LogP contribution in [0.3, 0.4) is 0 Å². The van der Waals surface area contributed by atoms with Crippen LogP contribution < -0.4 is 11.1 Å². The smallest absolute Gasteiger partial charge is 0.251 e. The van der Waals surface area contributed by atoms with Gasteiger partial charge in [-0.3, -0.25) is 4.79 Å². The van der Waals surface area contributed by atoms with Crippen molar-refractivity contribution in [3.05, 3.63) is 0 Å². The first-order chi connectivity index (χ1) is 8.45.